The van der Waals surface area contributed by atoms with Crippen molar-refractivity contribution in [1.29, 1.82) is 0 Å². The summed E-state index contributed by atoms with van der Waals surface area (Å²) in [6.07, 6.45) is -0.193. The summed E-state index contributed by atoms with van der Waals surface area (Å²) in [7, 11) is 0. The monoisotopic (exact) mass is 615 g/mol. The molecule has 0 aromatic heterocycles. The van der Waals surface area contributed by atoms with Crippen molar-refractivity contribution in [1.82, 2.24) is 26.6 Å². The first-order valence-electron chi connectivity index (χ1n) is 15.2. The molecule has 14 heteroatoms. The van der Waals surface area contributed by atoms with Gasteiger partial charge in [0.2, 0.25) is 29.5 Å². The lowest BCUT2D eigenvalue weighted by atomic mass is 9.95. The van der Waals surface area contributed by atoms with Crippen LogP contribution in [0.1, 0.15) is 92.9 Å². The zero-order valence-electron chi connectivity index (χ0n) is 26.4. The van der Waals surface area contributed by atoms with Crippen molar-refractivity contribution < 1.29 is 44.1 Å². The number of carbonyl (C=O) groups is 6. The van der Waals surface area contributed by atoms with E-state index in [4.69, 9.17) is 5.11 Å². The van der Waals surface area contributed by atoms with E-state index in [9.17, 15) is 39.0 Å². The molecule has 0 spiro atoms. The molecular weight excluding hydrogens is 562 g/mol. The van der Waals surface area contributed by atoms with Crippen LogP contribution in [0.3, 0.4) is 0 Å². The van der Waals surface area contributed by atoms with Crippen LogP contribution in [-0.2, 0) is 28.8 Å². The minimum absolute atomic E-state index is 0.0221. The topological polar surface area (TPSA) is 223 Å². The maximum atomic E-state index is 13.4. The zero-order chi connectivity index (χ0) is 33.1. The van der Waals surface area contributed by atoms with E-state index in [-0.39, 0.29) is 37.5 Å². The number of aliphatic hydroxyl groups is 2. The summed E-state index contributed by atoms with van der Waals surface area (Å²) >= 11 is 0. The number of aliphatic carboxylic acids is 1. The molecule has 5 amide bonds. The third kappa shape index (κ3) is 16.2. The minimum atomic E-state index is -1.32. The van der Waals surface area contributed by atoms with Gasteiger partial charge in [0.1, 0.15) is 18.1 Å². The lowest BCUT2D eigenvalue weighted by Gasteiger charge is -2.30. The van der Waals surface area contributed by atoms with Gasteiger partial charge in [-0.2, -0.15) is 0 Å². The summed E-state index contributed by atoms with van der Waals surface area (Å²) < 4.78 is 0. The van der Waals surface area contributed by atoms with Crippen LogP contribution in [0.15, 0.2) is 0 Å². The summed E-state index contributed by atoms with van der Waals surface area (Å²) in [5.41, 5.74) is 0. The number of rotatable bonds is 22. The Labute approximate surface area is 254 Å². The van der Waals surface area contributed by atoms with Crippen LogP contribution >= 0.6 is 0 Å². The summed E-state index contributed by atoms with van der Waals surface area (Å²) in [5, 5.41) is 42.2. The maximum absolute atomic E-state index is 13.4. The molecule has 0 radical (unpaired) electrons. The van der Waals surface area contributed by atoms with E-state index in [2.05, 4.69) is 26.6 Å². The SMILES string of the molecule is CCC[C@H](NC(=O)[C@@H](NC(=O)CCCC(=O)O)[C@@H](C)CC)C(=O)N[C@@H](CC(C)C)[C@@H](O)CC(=O)N[C@@H](CO)C(=O)NCC. The fourth-order valence-electron chi connectivity index (χ4n) is 4.35. The van der Waals surface area contributed by atoms with Crippen molar-refractivity contribution >= 4 is 35.5 Å². The van der Waals surface area contributed by atoms with Gasteiger partial charge < -0.3 is 41.9 Å². The number of carboxylic acid groups (broad SMARTS) is 1. The van der Waals surface area contributed by atoms with Gasteiger partial charge in [-0.3, -0.25) is 28.8 Å². The Morgan fingerprint density at radius 1 is 0.767 bits per heavy atom. The highest BCUT2D eigenvalue weighted by molar-refractivity contribution is 5.92. The lowest BCUT2D eigenvalue weighted by molar-refractivity contribution is -0.137. The van der Waals surface area contributed by atoms with Crippen LogP contribution in [0.25, 0.3) is 0 Å². The second kappa shape index (κ2) is 21.4. The molecule has 43 heavy (non-hydrogen) atoms. The van der Waals surface area contributed by atoms with Crippen molar-refractivity contribution in [2.45, 2.75) is 123 Å². The molecule has 0 heterocycles. The predicted octanol–water partition coefficient (Wildman–Crippen LogP) is -0.0478. The molecule has 0 aliphatic rings. The molecule has 0 rings (SSSR count). The van der Waals surface area contributed by atoms with Gasteiger partial charge in [0.25, 0.3) is 0 Å². The average Bonchev–Trinajstić information content (AvgIpc) is 2.92. The Kier molecular flexibility index (Phi) is 19.8. The van der Waals surface area contributed by atoms with Gasteiger partial charge in [0.05, 0.1) is 25.2 Å². The Hall–Kier alpha value is -3.26. The van der Waals surface area contributed by atoms with E-state index in [1.54, 1.807) is 13.8 Å². The largest absolute Gasteiger partial charge is 0.481 e. The number of carboxylic acids is 1. The van der Waals surface area contributed by atoms with Crippen molar-refractivity contribution in [3.8, 4) is 0 Å². The highest BCUT2D eigenvalue weighted by atomic mass is 16.4. The third-order valence-corrected chi connectivity index (χ3v) is 6.91. The number of amides is 5. The molecular formula is C29H53N5O9. The summed E-state index contributed by atoms with van der Waals surface area (Å²) in [4.78, 5) is 74.3. The Morgan fingerprint density at radius 2 is 1.42 bits per heavy atom. The summed E-state index contributed by atoms with van der Waals surface area (Å²) in [5.74, 6) is -4.11. The molecule has 0 bridgehead atoms. The summed E-state index contributed by atoms with van der Waals surface area (Å²) in [6, 6.07) is -3.97. The highest BCUT2D eigenvalue weighted by Gasteiger charge is 2.32. The lowest BCUT2D eigenvalue weighted by Crippen LogP contribution is -2.57. The van der Waals surface area contributed by atoms with Crippen molar-refractivity contribution in [2.75, 3.05) is 13.2 Å². The van der Waals surface area contributed by atoms with E-state index in [1.807, 2.05) is 27.7 Å². The fraction of sp³-hybridized carbons (Fsp3) is 0.793. The molecule has 0 saturated heterocycles. The van der Waals surface area contributed by atoms with Crippen molar-refractivity contribution in [3.63, 3.8) is 0 Å². The molecule has 0 fully saturated rings. The molecule has 248 valence electrons. The van der Waals surface area contributed by atoms with Crippen LogP contribution in [0.5, 0.6) is 0 Å². The summed E-state index contributed by atoms with van der Waals surface area (Å²) in [6.45, 7) is 10.6. The van der Waals surface area contributed by atoms with Gasteiger partial charge >= 0.3 is 5.97 Å². The Morgan fingerprint density at radius 3 is 1.93 bits per heavy atom. The van der Waals surface area contributed by atoms with E-state index < -0.39 is 78.8 Å². The number of aliphatic hydroxyl groups excluding tert-OH is 2. The number of likely N-dealkylation sites (N-methyl/N-ethyl adjacent to an activating group) is 1. The standard InChI is InChI=1S/C29H53N5O9/c1-7-11-19(32-29(43)26(18(6)8-2)34-23(37)12-10-13-25(39)40)28(42)33-20(14-17(4)5)22(36)15-24(38)31-21(16-35)27(41)30-9-3/h17-22,26,35-36H,7-16H2,1-6H3,(H,30,41)(H,31,38)(H,32,43)(H,33,42)(H,34,37)(H,39,40)/t18-,19-,20-,21-,22-,26-/m0/s1. The van der Waals surface area contributed by atoms with Gasteiger partial charge in [0.15, 0.2) is 0 Å². The molecule has 0 aromatic rings. The normalized spacial score (nSPS) is 15.3. The van der Waals surface area contributed by atoms with Gasteiger partial charge in [-0.05, 0) is 38.0 Å². The van der Waals surface area contributed by atoms with Gasteiger partial charge in [-0.1, -0.05) is 47.5 Å². The van der Waals surface area contributed by atoms with E-state index in [0.717, 1.165) is 0 Å². The van der Waals surface area contributed by atoms with Crippen molar-refractivity contribution in [3.05, 3.63) is 0 Å². The first kappa shape index (κ1) is 39.7. The van der Waals surface area contributed by atoms with Gasteiger partial charge in [-0.25, -0.2) is 0 Å². The molecule has 0 aliphatic heterocycles. The first-order chi connectivity index (χ1) is 20.2. The molecule has 14 nitrogen and oxygen atoms in total. The quantitative estimate of drug-likeness (QED) is 0.0816. The fourth-order valence-corrected chi connectivity index (χ4v) is 4.35. The molecule has 8 N–H and O–H groups in total. The minimum Gasteiger partial charge on any atom is -0.481 e. The predicted molar refractivity (Wildman–Crippen MR) is 159 cm³/mol. The van der Waals surface area contributed by atoms with E-state index in [0.29, 0.717) is 25.8 Å². The van der Waals surface area contributed by atoms with Gasteiger partial charge in [0, 0.05) is 19.4 Å². The van der Waals surface area contributed by atoms with Crippen LogP contribution in [0, 0.1) is 11.8 Å². The maximum Gasteiger partial charge on any atom is 0.303 e. The first-order valence-corrected chi connectivity index (χ1v) is 15.2. The van der Waals surface area contributed by atoms with Crippen LogP contribution < -0.4 is 26.6 Å². The smallest absolute Gasteiger partial charge is 0.303 e. The Balaban J connectivity index is 5.58. The van der Waals surface area contributed by atoms with Crippen LogP contribution in [-0.4, -0.2) is 94.2 Å². The third-order valence-electron chi connectivity index (χ3n) is 6.91. The number of nitrogens with one attached hydrogen (secondary N) is 5. The molecule has 0 saturated carbocycles. The molecule has 0 unspecified atom stereocenters. The van der Waals surface area contributed by atoms with Gasteiger partial charge in [-0.15, -0.1) is 0 Å². The van der Waals surface area contributed by atoms with Crippen LogP contribution in [0.2, 0.25) is 0 Å². The van der Waals surface area contributed by atoms with Crippen molar-refractivity contribution in [2.24, 2.45) is 11.8 Å². The van der Waals surface area contributed by atoms with E-state index in [1.165, 1.54) is 0 Å². The number of hydrogen-bond donors (Lipinski definition) is 8. The molecule has 0 aliphatic carbocycles. The number of hydrogen-bond acceptors (Lipinski definition) is 8. The molecule has 6 atom stereocenters. The van der Waals surface area contributed by atoms with E-state index >= 15 is 0 Å². The second-order valence-corrected chi connectivity index (χ2v) is 11.2. The zero-order valence-corrected chi connectivity index (χ0v) is 26.4. The Bertz CT molecular complexity index is 915. The second-order valence-electron chi connectivity index (χ2n) is 11.2. The highest BCUT2D eigenvalue weighted by Crippen LogP contribution is 2.14. The average molecular weight is 616 g/mol. The van der Waals surface area contributed by atoms with Crippen LogP contribution in [0.4, 0.5) is 0 Å². The molecule has 0 aromatic carbocycles. The number of carbonyl (C=O) groups excluding carboxylic acids is 5.